The molecule has 0 unspecified atom stereocenters. The van der Waals surface area contributed by atoms with Gasteiger partial charge >= 0.3 is 0 Å². The van der Waals surface area contributed by atoms with Gasteiger partial charge in [0.15, 0.2) is 0 Å². The molecule has 1 aromatic carbocycles. The Morgan fingerprint density at radius 1 is 1.47 bits per heavy atom. The zero-order chi connectivity index (χ0) is 10.8. The molecular formula is C10H9BrN2OS. The number of hydrogen-bond donors (Lipinski definition) is 1. The van der Waals surface area contributed by atoms with Crippen molar-refractivity contribution in [3.05, 3.63) is 28.1 Å². The highest BCUT2D eigenvalue weighted by Crippen LogP contribution is 2.32. The van der Waals surface area contributed by atoms with Crippen molar-refractivity contribution in [1.29, 1.82) is 0 Å². The molecule has 2 N–H and O–H groups in total. The van der Waals surface area contributed by atoms with E-state index in [1.807, 2.05) is 23.6 Å². The van der Waals surface area contributed by atoms with Gasteiger partial charge in [-0.2, -0.15) is 0 Å². The minimum Gasteiger partial charge on any atom is -0.496 e. The molecule has 1 heterocycles. The molecule has 0 bridgehead atoms. The number of anilines is 1. The molecule has 1 aromatic heterocycles. The fourth-order valence-electron chi connectivity index (χ4n) is 1.22. The maximum atomic E-state index is 5.57. The van der Waals surface area contributed by atoms with E-state index in [-0.39, 0.29) is 0 Å². The molecule has 0 saturated carbocycles. The van der Waals surface area contributed by atoms with Crippen LogP contribution in [-0.4, -0.2) is 12.1 Å². The third kappa shape index (κ3) is 2.13. The Hall–Kier alpha value is -1.07. The van der Waals surface area contributed by atoms with E-state index in [9.17, 15) is 0 Å². The van der Waals surface area contributed by atoms with Crippen LogP contribution in [0.4, 0.5) is 5.82 Å². The first-order valence-electron chi connectivity index (χ1n) is 4.25. The van der Waals surface area contributed by atoms with Crippen molar-refractivity contribution in [3.63, 3.8) is 0 Å². The van der Waals surface area contributed by atoms with Crippen molar-refractivity contribution in [1.82, 2.24) is 4.98 Å². The number of aromatic nitrogens is 1. The standard InChI is InChI=1S/C10H9BrN2OS/c1-14-8-3-2-6(4-7(8)11)10-13-9(12)5-15-10/h2-5H,12H2,1H3. The van der Waals surface area contributed by atoms with E-state index in [0.29, 0.717) is 5.82 Å². The smallest absolute Gasteiger partial charge is 0.135 e. The van der Waals surface area contributed by atoms with Crippen molar-refractivity contribution in [3.8, 4) is 16.3 Å². The average Bonchev–Trinajstić information content (AvgIpc) is 2.65. The van der Waals surface area contributed by atoms with Crippen molar-refractivity contribution in [2.24, 2.45) is 0 Å². The number of nitrogens with zero attached hydrogens (tertiary/aromatic N) is 1. The molecule has 15 heavy (non-hydrogen) atoms. The number of rotatable bonds is 2. The Labute approximate surface area is 100 Å². The second-order valence-electron chi connectivity index (χ2n) is 2.93. The minimum absolute atomic E-state index is 0.557. The third-order valence-electron chi connectivity index (χ3n) is 1.92. The maximum absolute atomic E-state index is 5.57. The number of nitrogen functional groups attached to an aromatic ring is 1. The lowest BCUT2D eigenvalue weighted by Gasteiger charge is -2.03. The van der Waals surface area contributed by atoms with Crippen LogP contribution in [0, 0.1) is 0 Å². The minimum atomic E-state index is 0.557. The van der Waals surface area contributed by atoms with Crippen LogP contribution in [0.1, 0.15) is 0 Å². The molecule has 0 aliphatic heterocycles. The summed E-state index contributed by atoms with van der Waals surface area (Å²) in [6, 6.07) is 5.83. The van der Waals surface area contributed by atoms with Gasteiger partial charge in [-0.15, -0.1) is 11.3 Å². The van der Waals surface area contributed by atoms with Gasteiger partial charge in [-0.05, 0) is 34.1 Å². The van der Waals surface area contributed by atoms with Crippen molar-refractivity contribution in [2.75, 3.05) is 12.8 Å². The molecule has 0 spiro atoms. The summed E-state index contributed by atoms with van der Waals surface area (Å²) in [6.07, 6.45) is 0. The average molecular weight is 285 g/mol. The summed E-state index contributed by atoms with van der Waals surface area (Å²) >= 11 is 4.96. The second kappa shape index (κ2) is 4.20. The van der Waals surface area contributed by atoms with E-state index in [2.05, 4.69) is 20.9 Å². The van der Waals surface area contributed by atoms with Crippen LogP contribution in [0.25, 0.3) is 10.6 Å². The normalized spacial score (nSPS) is 10.3. The summed E-state index contributed by atoms with van der Waals surface area (Å²) in [4.78, 5) is 4.21. The zero-order valence-electron chi connectivity index (χ0n) is 8.03. The quantitative estimate of drug-likeness (QED) is 0.922. The van der Waals surface area contributed by atoms with Crippen LogP contribution in [0.15, 0.2) is 28.1 Å². The van der Waals surface area contributed by atoms with Crippen LogP contribution in [0.5, 0.6) is 5.75 Å². The highest BCUT2D eigenvalue weighted by Gasteiger charge is 2.06. The van der Waals surface area contributed by atoms with Crippen LogP contribution in [0.3, 0.4) is 0 Å². The van der Waals surface area contributed by atoms with Gasteiger partial charge in [0.25, 0.3) is 0 Å². The fraction of sp³-hybridized carbons (Fsp3) is 0.100. The predicted molar refractivity (Wildman–Crippen MR) is 66.2 cm³/mol. The molecule has 3 nitrogen and oxygen atoms in total. The van der Waals surface area contributed by atoms with E-state index in [1.165, 1.54) is 11.3 Å². The number of nitrogens with two attached hydrogens (primary N) is 1. The highest BCUT2D eigenvalue weighted by atomic mass is 79.9. The molecule has 0 saturated heterocycles. The Morgan fingerprint density at radius 3 is 2.80 bits per heavy atom. The summed E-state index contributed by atoms with van der Waals surface area (Å²) in [5, 5.41) is 2.74. The molecule has 0 radical (unpaired) electrons. The van der Waals surface area contributed by atoms with Crippen LogP contribution in [0.2, 0.25) is 0 Å². The number of thiazole rings is 1. The van der Waals surface area contributed by atoms with E-state index >= 15 is 0 Å². The van der Waals surface area contributed by atoms with Crippen molar-refractivity contribution < 1.29 is 4.74 Å². The van der Waals surface area contributed by atoms with Gasteiger partial charge in [-0.25, -0.2) is 4.98 Å². The van der Waals surface area contributed by atoms with Crippen molar-refractivity contribution >= 4 is 33.1 Å². The van der Waals surface area contributed by atoms with Gasteiger partial charge in [-0.3, -0.25) is 0 Å². The molecule has 0 atom stereocenters. The highest BCUT2D eigenvalue weighted by molar-refractivity contribution is 9.10. The van der Waals surface area contributed by atoms with Crippen LogP contribution in [-0.2, 0) is 0 Å². The lowest BCUT2D eigenvalue weighted by molar-refractivity contribution is 0.412. The lowest BCUT2D eigenvalue weighted by atomic mass is 10.2. The molecule has 0 aliphatic carbocycles. The largest absolute Gasteiger partial charge is 0.496 e. The first-order valence-corrected chi connectivity index (χ1v) is 5.93. The van der Waals surface area contributed by atoms with E-state index in [4.69, 9.17) is 10.5 Å². The Bertz CT molecular complexity index is 484. The van der Waals surface area contributed by atoms with Gasteiger partial charge in [0, 0.05) is 10.9 Å². The van der Waals surface area contributed by atoms with Crippen LogP contribution < -0.4 is 10.5 Å². The Balaban J connectivity index is 2.42. The maximum Gasteiger partial charge on any atom is 0.135 e. The van der Waals surface area contributed by atoms with Gasteiger partial charge in [0.2, 0.25) is 0 Å². The molecule has 2 rings (SSSR count). The first-order chi connectivity index (χ1) is 7.20. The summed E-state index contributed by atoms with van der Waals surface area (Å²) in [5.74, 6) is 1.37. The predicted octanol–water partition coefficient (Wildman–Crippen LogP) is 3.16. The molecule has 78 valence electrons. The van der Waals surface area contributed by atoms with Crippen LogP contribution >= 0.6 is 27.3 Å². The van der Waals surface area contributed by atoms with Gasteiger partial charge in [0.1, 0.15) is 16.6 Å². The second-order valence-corrected chi connectivity index (χ2v) is 4.64. The molecule has 5 heteroatoms. The van der Waals surface area contributed by atoms with Gasteiger partial charge < -0.3 is 10.5 Å². The SMILES string of the molecule is COc1ccc(-c2nc(N)cs2)cc1Br. The van der Waals surface area contributed by atoms with E-state index in [0.717, 1.165) is 20.8 Å². The Kier molecular flexibility index (Phi) is 2.93. The Morgan fingerprint density at radius 2 is 2.27 bits per heavy atom. The van der Waals surface area contributed by atoms with Gasteiger partial charge in [0.05, 0.1) is 11.6 Å². The first kappa shape index (κ1) is 10.4. The van der Waals surface area contributed by atoms with E-state index in [1.54, 1.807) is 7.11 Å². The van der Waals surface area contributed by atoms with Gasteiger partial charge in [-0.1, -0.05) is 0 Å². The van der Waals surface area contributed by atoms with Crippen molar-refractivity contribution in [2.45, 2.75) is 0 Å². The molecule has 0 fully saturated rings. The monoisotopic (exact) mass is 284 g/mol. The number of ether oxygens (including phenoxy) is 1. The van der Waals surface area contributed by atoms with E-state index < -0.39 is 0 Å². The number of methoxy groups -OCH3 is 1. The molecule has 0 aliphatic rings. The number of halogens is 1. The molecular weight excluding hydrogens is 276 g/mol. The summed E-state index contributed by atoms with van der Waals surface area (Å²) < 4.78 is 6.07. The lowest BCUT2D eigenvalue weighted by Crippen LogP contribution is -1.86. The fourth-order valence-corrected chi connectivity index (χ4v) is 2.47. The zero-order valence-corrected chi connectivity index (χ0v) is 10.4. The number of benzene rings is 1. The molecule has 2 aromatic rings. The number of hydrogen-bond acceptors (Lipinski definition) is 4. The summed E-state index contributed by atoms with van der Waals surface area (Å²) in [5.41, 5.74) is 6.60. The third-order valence-corrected chi connectivity index (χ3v) is 3.45. The summed E-state index contributed by atoms with van der Waals surface area (Å²) in [6.45, 7) is 0. The summed E-state index contributed by atoms with van der Waals surface area (Å²) in [7, 11) is 1.64. The molecule has 0 amide bonds. The topological polar surface area (TPSA) is 48.1 Å².